The van der Waals surface area contributed by atoms with Gasteiger partial charge in [0.25, 0.3) is 0 Å². The summed E-state index contributed by atoms with van der Waals surface area (Å²) in [6.07, 6.45) is 3.44. The first kappa shape index (κ1) is 13.7. The molecule has 0 radical (unpaired) electrons. The van der Waals surface area contributed by atoms with Crippen LogP contribution in [0.3, 0.4) is 0 Å². The molecule has 1 saturated heterocycles. The van der Waals surface area contributed by atoms with Crippen molar-refractivity contribution in [1.82, 2.24) is 5.32 Å². The van der Waals surface area contributed by atoms with Gasteiger partial charge in [0.1, 0.15) is 5.75 Å². The van der Waals surface area contributed by atoms with Crippen LogP contribution in [0.25, 0.3) is 0 Å². The van der Waals surface area contributed by atoms with Crippen molar-refractivity contribution >= 4 is 11.6 Å². The van der Waals surface area contributed by atoms with Crippen LogP contribution >= 0.6 is 11.6 Å². The topological polar surface area (TPSA) is 30.5 Å². The molecule has 0 aliphatic carbocycles. The Morgan fingerprint density at radius 3 is 2.83 bits per heavy atom. The Morgan fingerprint density at radius 1 is 1.39 bits per heavy atom. The van der Waals surface area contributed by atoms with Gasteiger partial charge in [-0.3, -0.25) is 0 Å². The summed E-state index contributed by atoms with van der Waals surface area (Å²) < 4.78 is 10.7. The minimum atomic E-state index is 0.538. The van der Waals surface area contributed by atoms with E-state index in [1.165, 1.54) is 18.4 Å². The minimum Gasteiger partial charge on any atom is -0.496 e. The van der Waals surface area contributed by atoms with Crippen LogP contribution in [0.2, 0.25) is 5.02 Å². The second kappa shape index (κ2) is 6.41. The van der Waals surface area contributed by atoms with E-state index in [1.807, 2.05) is 12.1 Å². The number of ether oxygens (including phenoxy) is 2. The zero-order chi connectivity index (χ0) is 13.0. The van der Waals surface area contributed by atoms with E-state index in [0.717, 1.165) is 24.3 Å². The quantitative estimate of drug-likeness (QED) is 0.892. The van der Waals surface area contributed by atoms with Gasteiger partial charge in [-0.25, -0.2) is 0 Å². The van der Waals surface area contributed by atoms with Crippen LogP contribution in [0.5, 0.6) is 5.75 Å². The molecule has 100 valence electrons. The minimum absolute atomic E-state index is 0.538. The van der Waals surface area contributed by atoms with Gasteiger partial charge in [0.15, 0.2) is 0 Å². The van der Waals surface area contributed by atoms with Crippen molar-refractivity contribution in [2.45, 2.75) is 31.9 Å². The molecular formula is C14H20ClNO2. The third-order valence-corrected chi connectivity index (χ3v) is 3.62. The van der Waals surface area contributed by atoms with Crippen LogP contribution in [0.15, 0.2) is 12.1 Å². The maximum Gasteiger partial charge on any atom is 0.123 e. The van der Waals surface area contributed by atoms with Gasteiger partial charge in [-0.2, -0.15) is 0 Å². The van der Waals surface area contributed by atoms with E-state index >= 15 is 0 Å². The Morgan fingerprint density at radius 2 is 2.22 bits per heavy atom. The first-order chi connectivity index (χ1) is 8.74. The molecule has 0 spiro atoms. The summed E-state index contributed by atoms with van der Waals surface area (Å²) in [6.45, 7) is 1.68. The molecule has 1 atom stereocenters. The molecular weight excluding hydrogens is 250 g/mol. The van der Waals surface area contributed by atoms with Gasteiger partial charge in [-0.1, -0.05) is 11.6 Å². The number of hydrogen-bond acceptors (Lipinski definition) is 3. The lowest BCUT2D eigenvalue weighted by atomic mass is 9.98. The van der Waals surface area contributed by atoms with Crippen LogP contribution in [0.1, 0.15) is 24.0 Å². The van der Waals surface area contributed by atoms with Crippen LogP contribution in [-0.2, 0) is 17.8 Å². The standard InChI is InChI=1S/C14H20ClNO2/c1-17-9-10-6-11(15)7-14(18-2)13(10)8-12-4-3-5-16-12/h6-7,12,16H,3-5,8-9H2,1-2H3. The number of benzene rings is 1. The van der Waals surface area contributed by atoms with Crippen molar-refractivity contribution in [2.24, 2.45) is 0 Å². The summed E-state index contributed by atoms with van der Waals surface area (Å²) in [5.41, 5.74) is 2.33. The lowest BCUT2D eigenvalue weighted by Crippen LogP contribution is -2.24. The van der Waals surface area contributed by atoms with E-state index < -0.39 is 0 Å². The number of hydrogen-bond donors (Lipinski definition) is 1. The fourth-order valence-electron chi connectivity index (χ4n) is 2.54. The molecule has 1 aliphatic rings. The van der Waals surface area contributed by atoms with Crippen LogP contribution < -0.4 is 10.1 Å². The van der Waals surface area contributed by atoms with Crippen molar-refractivity contribution in [2.75, 3.05) is 20.8 Å². The molecule has 1 heterocycles. The molecule has 18 heavy (non-hydrogen) atoms. The van der Waals surface area contributed by atoms with Gasteiger partial charge in [0.05, 0.1) is 13.7 Å². The average molecular weight is 270 g/mol. The fraction of sp³-hybridized carbons (Fsp3) is 0.571. The Hall–Kier alpha value is -0.770. The van der Waals surface area contributed by atoms with Gasteiger partial charge in [0, 0.05) is 23.7 Å². The summed E-state index contributed by atoms with van der Waals surface area (Å²) >= 11 is 6.10. The number of rotatable bonds is 5. The molecule has 0 aromatic heterocycles. The van der Waals surface area contributed by atoms with Crippen molar-refractivity contribution in [1.29, 1.82) is 0 Å². The van der Waals surface area contributed by atoms with E-state index in [9.17, 15) is 0 Å². The van der Waals surface area contributed by atoms with Crippen LogP contribution in [0.4, 0.5) is 0 Å². The van der Waals surface area contributed by atoms with Crippen molar-refractivity contribution in [3.63, 3.8) is 0 Å². The monoisotopic (exact) mass is 269 g/mol. The number of halogens is 1. The maximum atomic E-state index is 6.10. The van der Waals surface area contributed by atoms with Crippen molar-refractivity contribution in [3.05, 3.63) is 28.3 Å². The first-order valence-electron chi connectivity index (χ1n) is 6.32. The molecule has 4 heteroatoms. The Bertz CT molecular complexity index is 403. The normalized spacial score (nSPS) is 19.2. The maximum absolute atomic E-state index is 6.10. The Labute approximate surface area is 113 Å². The molecule has 0 bridgehead atoms. The van der Waals surface area contributed by atoms with Crippen LogP contribution in [0, 0.1) is 0 Å². The zero-order valence-electron chi connectivity index (χ0n) is 11.0. The molecule has 2 rings (SSSR count). The molecule has 1 aliphatic heterocycles. The van der Waals surface area contributed by atoms with Crippen molar-refractivity contribution in [3.8, 4) is 5.75 Å². The number of methoxy groups -OCH3 is 2. The van der Waals surface area contributed by atoms with Crippen LogP contribution in [-0.4, -0.2) is 26.8 Å². The van der Waals surface area contributed by atoms with Gasteiger partial charge in [-0.05, 0) is 43.5 Å². The lowest BCUT2D eigenvalue weighted by molar-refractivity contribution is 0.183. The Balaban J connectivity index is 2.28. The Kier molecular flexibility index (Phi) is 4.87. The smallest absolute Gasteiger partial charge is 0.123 e. The largest absolute Gasteiger partial charge is 0.496 e. The predicted octanol–water partition coefficient (Wildman–Crippen LogP) is 2.79. The third kappa shape index (κ3) is 3.16. The molecule has 1 aromatic carbocycles. The van der Waals surface area contributed by atoms with Crippen molar-refractivity contribution < 1.29 is 9.47 Å². The van der Waals surface area contributed by atoms with E-state index in [4.69, 9.17) is 21.1 Å². The number of nitrogens with one attached hydrogen (secondary N) is 1. The first-order valence-corrected chi connectivity index (χ1v) is 6.70. The fourth-order valence-corrected chi connectivity index (χ4v) is 2.77. The summed E-state index contributed by atoms with van der Waals surface area (Å²) in [6, 6.07) is 4.39. The highest BCUT2D eigenvalue weighted by Gasteiger charge is 2.19. The highest BCUT2D eigenvalue weighted by Crippen LogP contribution is 2.30. The summed E-state index contributed by atoms with van der Waals surface area (Å²) in [5, 5.41) is 4.21. The summed E-state index contributed by atoms with van der Waals surface area (Å²) in [4.78, 5) is 0. The molecule has 3 nitrogen and oxygen atoms in total. The van der Waals surface area contributed by atoms with E-state index in [-0.39, 0.29) is 0 Å². The second-order valence-corrected chi connectivity index (χ2v) is 5.11. The van der Waals surface area contributed by atoms with E-state index in [2.05, 4.69) is 5.32 Å². The molecule has 0 saturated carbocycles. The molecule has 1 aromatic rings. The summed E-state index contributed by atoms with van der Waals surface area (Å²) in [7, 11) is 3.39. The lowest BCUT2D eigenvalue weighted by Gasteiger charge is -2.18. The van der Waals surface area contributed by atoms with Gasteiger partial charge < -0.3 is 14.8 Å². The van der Waals surface area contributed by atoms with E-state index in [0.29, 0.717) is 17.7 Å². The predicted molar refractivity (Wildman–Crippen MR) is 73.4 cm³/mol. The molecule has 1 N–H and O–H groups in total. The van der Waals surface area contributed by atoms with E-state index in [1.54, 1.807) is 14.2 Å². The molecule has 1 unspecified atom stereocenters. The second-order valence-electron chi connectivity index (χ2n) is 4.68. The van der Waals surface area contributed by atoms with Gasteiger partial charge in [0.2, 0.25) is 0 Å². The van der Waals surface area contributed by atoms with Gasteiger partial charge in [-0.15, -0.1) is 0 Å². The highest BCUT2D eigenvalue weighted by molar-refractivity contribution is 6.30. The van der Waals surface area contributed by atoms with Gasteiger partial charge >= 0.3 is 0 Å². The average Bonchev–Trinajstić information content (AvgIpc) is 2.85. The zero-order valence-corrected chi connectivity index (χ0v) is 11.7. The highest BCUT2D eigenvalue weighted by atomic mass is 35.5. The molecule has 0 amide bonds. The molecule has 1 fully saturated rings. The third-order valence-electron chi connectivity index (χ3n) is 3.40. The summed E-state index contributed by atoms with van der Waals surface area (Å²) in [5.74, 6) is 0.864. The SMILES string of the molecule is COCc1cc(Cl)cc(OC)c1CC1CCCN1.